The van der Waals surface area contributed by atoms with Crippen LogP contribution in [-0.2, 0) is 17.2 Å². The molecular weight excluding hydrogens is 248 g/mol. The maximum absolute atomic E-state index is 6.00. The molecule has 0 fully saturated rings. The van der Waals surface area contributed by atoms with Crippen LogP contribution in [-0.4, -0.2) is 23.3 Å². The molecule has 4 heteroatoms. The van der Waals surface area contributed by atoms with Crippen LogP contribution in [0.4, 0.5) is 0 Å². The molecule has 2 rings (SSSR count). The number of methoxy groups -OCH3 is 1. The Morgan fingerprint density at radius 2 is 2.22 bits per heavy atom. The van der Waals surface area contributed by atoms with Crippen LogP contribution in [0.15, 0.2) is 18.2 Å². The summed E-state index contributed by atoms with van der Waals surface area (Å²) in [5.41, 5.74) is 3.45. The van der Waals surface area contributed by atoms with Crippen LogP contribution in [0, 0.1) is 12.8 Å². The van der Waals surface area contributed by atoms with Crippen molar-refractivity contribution in [3.8, 4) is 0 Å². The van der Waals surface area contributed by atoms with Gasteiger partial charge in [0.25, 0.3) is 0 Å². The molecule has 0 spiro atoms. The first-order valence-corrected chi connectivity index (χ1v) is 6.70. The number of hydrogen-bond donors (Lipinski definition) is 0. The van der Waals surface area contributed by atoms with Gasteiger partial charge in [-0.05, 0) is 24.5 Å². The van der Waals surface area contributed by atoms with Crippen molar-refractivity contribution in [1.82, 2.24) is 9.55 Å². The van der Waals surface area contributed by atoms with E-state index in [1.165, 1.54) is 11.1 Å². The Kier molecular flexibility index (Phi) is 4.25. The fourth-order valence-corrected chi connectivity index (χ4v) is 2.56. The minimum absolute atomic E-state index is 0.438. The minimum atomic E-state index is 0.438. The first-order chi connectivity index (χ1) is 8.67. The molecule has 0 aliphatic rings. The van der Waals surface area contributed by atoms with E-state index < -0.39 is 0 Å². The maximum atomic E-state index is 6.00. The van der Waals surface area contributed by atoms with Gasteiger partial charge < -0.3 is 9.30 Å². The van der Waals surface area contributed by atoms with Gasteiger partial charge in [0, 0.05) is 13.7 Å². The molecule has 1 aromatic carbocycles. The molecule has 1 unspecified atom stereocenters. The van der Waals surface area contributed by atoms with Crippen LogP contribution in [0.2, 0.25) is 0 Å². The molecular formula is C14H19ClN2O. The average Bonchev–Trinajstić information content (AvgIpc) is 2.69. The lowest BCUT2D eigenvalue weighted by Gasteiger charge is -2.14. The van der Waals surface area contributed by atoms with E-state index in [1.54, 1.807) is 7.11 Å². The molecule has 18 heavy (non-hydrogen) atoms. The Labute approximate surface area is 113 Å². The normalized spacial score (nSPS) is 13.1. The zero-order valence-electron chi connectivity index (χ0n) is 11.1. The van der Waals surface area contributed by atoms with Gasteiger partial charge in [0.2, 0.25) is 0 Å². The molecule has 3 nitrogen and oxygen atoms in total. The number of rotatable bonds is 5. The smallest absolute Gasteiger partial charge is 0.124 e. The lowest BCUT2D eigenvalue weighted by atomic mass is 10.1. The molecule has 1 atom stereocenters. The largest absolute Gasteiger partial charge is 0.384 e. The van der Waals surface area contributed by atoms with E-state index in [0.29, 0.717) is 11.8 Å². The van der Waals surface area contributed by atoms with Gasteiger partial charge in [0.1, 0.15) is 5.82 Å². The standard InChI is InChI=1S/C14H19ClN2O/c1-10(9-18-3)8-17-13(7-15)16-12-6-4-5-11(2)14(12)17/h4-6,10H,7-9H2,1-3H3. The zero-order chi connectivity index (χ0) is 13.1. The quantitative estimate of drug-likeness (QED) is 0.776. The van der Waals surface area contributed by atoms with Crippen molar-refractivity contribution < 1.29 is 4.74 Å². The number of halogens is 1. The molecule has 0 N–H and O–H groups in total. The van der Waals surface area contributed by atoms with Gasteiger partial charge in [-0.1, -0.05) is 19.1 Å². The summed E-state index contributed by atoms with van der Waals surface area (Å²) < 4.78 is 7.43. The number of para-hydroxylation sites is 1. The molecule has 0 aliphatic carbocycles. The van der Waals surface area contributed by atoms with Gasteiger partial charge in [-0.15, -0.1) is 11.6 Å². The first kappa shape index (κ1) is 13.4. The van der Waals surface area contributed by atoms with Crippen molar-refractivity contribution in [2.45, 2.75) is 26.3 Å². The van der Waals surface area contributed by atoms with Gasteiger partial charge in [0.05, 0.1) is 23.5 Å². The van der Waals surface area contributed by atoms with E-state index >= 15 is 0 Å². The summed E-state index contributed by atoms with van der Waals surface area (Å²) in [5, 5.41) is 0. The van der Waals surface area contributed by atoms with E-state index in [0.717, 1.165) is 24.5 Å². The SMILES string of the molecule is COCC(C)Cn1c(CCl)nc2cccc(C)c21. The van der Waals surface area contributed by atoms with Crippen molar-refractivity contribution >= 4 is 22.6 Å². The Bertz CT molecular complexity index is 536. The summed E-state index contributed by atoms with van der Waals surface area (Å²) in [7, 11) is 1.73. The molecule has 0 aliphatic heterocycles. The highest BCUT2D eigenvalue weighted by Crippen LogP contribution is 2.22. The summed E-state index contributed by atoms with van der Waals surface area (Å²) in [6, 6.07) is 6.18. The number of aryl methyl sites for hydroxylation is 1. The van der Waals surface area contributed by atoms with Crippen molar-refractivity contribution in [2.24, 2.45) is 5.92 Å². The molecule has 0 radical (unpaired) electrons. The molecule has 1 aromatic heterocycles. The summed E-state index contributed by atoms with van der Waals surface area (Å²) >= 11 is 6.00. The Balaban J connectivity index is 2.46. The second-order valence-corrected chi connectivity index (χ2v) is 5.04. The van der Waals surface area contributed by atoms with Gasteiger partial charge in [-0.3, -0.25) is 0 Å². The molecule has 0 bridgehead atoms. The van der Waals surface area contributed by atoms with Crippen LogP contribution >= 0.6 is 11.6 Å². The second-order valence-electron chi connectivity index (χ2n) is 4.78. The lowest BCUT2D eigenvalue weighted by Crippen LogP contribution is -2.14. The average molecular weight is 267 g/mol. The third-order valence-corrected chi connectivity index (χ3v) is 3.35. The van der Waals surface area contributed by atoms with Crippen molar-refractivity contribution in [3.63, 3.8) is 0 Å². The van der Waals surface area contributed by atoms with Crippen LogP contribution < -0.4 is 0 Å². The number of aromatic nitrogens is 2. The van der Waals surface area contributed by atoms with Crippen LogP contribution in [0.25, 0.3) is 11.0 Å². The third-order valence-electron chi connectivity index (χ3n) is 3.11. The van der Waals surface area contributed by atoms with Crippen molar-refractivity contribution in [1.29, 1.82) is 0 Å². The predicted molar refractivity (Wildman–Crippen MR) is 75.1 cm³/mol. The van der Waals surface area contributed by atoms with Crippen molar-refractivity contribution in [3.05, 3.63) is 29.6 Å². The number of benzene rings is 1. The molecule has 0 saturated heterocycles. The van der Waals surface area contributed by atoms with Crippen LogP contribution in [0.3, 0.4) is 0 Å². The number of alkyl halides is 1. The van der Waals surface area contributed by atoms with E-state index in [9.17, 15) is 0 Å². The number of hydrogen-bond acceptors (Lipinski definition) is 2. The van der Waals surface area contributed by atoms with E-state index in [-0.39, 0.29) is 0 Å². The molecule has 0 saturated carbocycles. The summed E-state index contributed by atoms with van der Waals surface area (Å²) in [4.78, 5) is 4.60. The van der Waals surface area contributed by atoms with Crippen LogP contribution in [0.5, 0.6) is 0 Å². The molecule has 2 aromatic rings. The second kappa shape index (κ2) is 5.72. The summed E-state index contributed by atoms with van der Waals surface area (Å²) in [5.74, 6) is 1.81. The van der Waals surface area contributed by atoms with Gasteiger partial charge in [0.15, 0.2) is 0 Å². The van der Waals surface area contributed by atoms with E-state index in [1.807, 2.05) is 12.1 Å². The number of ether oxygens (including phenoxy) is 1. The Hall–Kier alpha value is -1.06. The monoisotopic (exact) mass is 266 g/mol. The molecule has 1 heterocycles. The highest BCUT2D eigenvalue weighted by molar-refractivity contribution is 6.16. The van der Waals surface area contributed by atoms with Crippen LogP contribution in [0.1, 0.15) is 18.3 Å². The lowest BCUT2D eigenvalue weighted by molar-refractivity contribution is 0.151. The number of nitrogens with zero attached hydrogens (tertiary/aromatic N) is 2. The van der Waals surface area contributed by atoms with Gasteiger partial charge in [-0.25, -0.2) is 4.98 Å². The Morgan fingerprint density at radius 3 is 2.89 bits per heavy atom. The maximum Gasteiger partial charge on any atom is 0.124 e. The highest BCUT2D eigenvalue weighted by Gasteiger charge is 2.14. The summed E-state index contributed by atoms with van der Waals surface area (Å²) in [6.07, 6.45) is 0. The highest BCUT2D eigenvalue weighted by atomic mass is 35.5. The Morgan fingerprint density at radius 1 is 1.44 bits per heavy atom. The van der Waals surface area contributed by atoms with E-state index in [4.69, 9.17) is 16.3 Å². The van der Waals surface area contributed by atoms with Crippen molar-refractivity contribution in [2.75, 3.05) is 13.7 Å². The number of fused-ring (bicyclic) bond motifs is 1. The fraction of sp³-hybridized carbons (Fsp3) is 0.500. The zero-order valence-corrected chi connectivity index (χ0v) is 11.9. The minimum Gasteiger partial charge on any atom is -0.384 e. The number of imidazole rings is 1. The fourth-order valence-electron chi connectivity index (χ4n) is 2.36. The van der Waals surface area contributed by atoms with Gasteiger partial charge >= 0.3 is 0 Å². The third kappa shape index (κ3) is 2.52. The summed E-state index contributed by atoms with van der Waals surface area (Å²) in [6.45, 7) is 5.91. The van der Waals surface area contributed by atoms with Gasteiger partial charge in [-0.2, -0.15) is 0 Å². The first-order valence-electron chi connectivity index (χ1n) is 6.17. The molecule has 98 valence electrons. The topological polar surface area (TPSA) is 27.1 Å². The van der Waals surface area contributed by atoms with E-state index in [2.05, 4.69) is 29.5 Å². The predicted octanol–water partition coefficient (Wildman–Crippen LogP) is 3.37. The molecule has 0 amide bonds.